The van der Waals surface area contributed by atoms with Crippen LogP contribution in [0.2, 0.25) is 0 Å². The summed E-state index contributed by atoms with van der Waals surface area (Å²) in [6.45, 7) is 5.71. The van der Waals surface area contributed by atoms with E-state index >= 15 is 0 Å². The van der Waals surface area contributed by atoms with Crippen molar-refractivity contribution in [2.45, 2.75) is 40.2 Å². The average molecular weight is 363 g/mol. The number of methoxy groups -OCH3 is 1. The highest BCUT2D eigenvalue weighted by molar-refractivity contribution is 5.85. The lowest BCUT2D eigenvalue weighted by Crippen LogP contribution is -2.14. The van der Waals surface area contributed by atoms with E-state index in [4.69, 9.17) is 4.74 Å². The second kappa shape index (κ2) is 8.65. The Balaban J connectivity index is 2.32. The van der Waals surface area contributed by atoms with E-state index < -0.39 is 12.5 Å². The van der Waals surface area contributed by atoms with Gasteiger partial charge >= 0.3 is 6.09 Å². The molecule has 4 nitrogen and oxygen atoms in total. The second-order valence-corrected chi connectivity index (χ2v) is 5.98. The van der Waals surface area contributed by atoms with E-state index in [1.807, 2.05) is 26.8 Å². The van der Waals surface area contributed by atoms with Crippen LogP contribution < -0.4 is 10.1 Å². The molecule has 0 radical (unpaired) electrons. The van der Waals surface area contributed by atoms with Crippen LogP contribution in [0.3, 0.4) is 0 Å². The number of aryl methyl sites for hydroxylation is 3. The molecule has 26 heavy (non-hydrogen) atoms. The Labute approximate surface area is 152 Å². The standard InChI is InChI=1S/C20H23F2NO3/c1-5-14-10-15(19(21)22)18(9-13(14)3)26-11-16-12(2)7-6-8-17(16)23-20(24)25-4/h6-10,19H,5,11H2,1-4H3,(H,23,24). The number of alkyl halides is 2. The van der Waals surface area contributed by atoms with Crippen LogP contribution in [0.15, 0.2) is 30.3 Å². The monoisotopic (exact) mass is 363 g/mol. The third-order valence-corrected chi connectivity index (χ3v) is 4.29. The molecule has 140 valence electrons. The Morgan fingerprint density at radius 2 is 1.92 bits per heavy atom. The van der Waals surface area contributed by atoms with E-state index in [9.17, 15) is 13.6 Å². The van der Waals surface area contributed by atoms with Gasteiger partial charge in [0.1, 0.15) is 12.4 Å². The number of benzene rings is 2. The van der Waals surface area contributed by atoms with Crippen LogP contribution in [0.4, 0.5) is 19.3 Å². The number of nitrogens with one attached hydrogen (secondary N) is 1. The van der Waals surface area contributed by atoms with Crippen molar-refractivity contribution in [2.24, 2.45) is 0 Å². The average Bonchev–Trinajstić information content (AvgIpc) is 2.60. The summed E-state index contributed by atoms with van der Waals surface area (Å²) in [6, 6.07) is 8.50. The summed E-state index contributed by atoms with van der Waals surface area (Å²) >= 11 is 0. The first-order valence-corrected chi connectivity index (χ1v) is 8.35. The number of carbonyl (C=O) groups excluding carboxylic acids is 1. The predicted molar refractivity (Wildman–Crippen MR) is 97.1 cm³/mol. The maximum absolute atomic E-state index is 13.4. The lowest BCUT2D eigenvalue weighted by Gasteiger charge is -2.17. The quantitative estimate of drug-likeness (QED) is 0.731. The van der Waals surface area contributed by atoms with E-state index in [0.717, 1.165) is 16.7 Å². The molecule has 2 rings (SSSR count). The summed E-state index contributed by atoms with van der Waals surface area (Å²) in [5.41, 5.74) is 3.76. The molecule has 1 N–H and O–H groups in total. The van der Waals surface area contributed by atoms with Gasteiger partial charge in [0.25, 0.3) is 6.43 Å². The normalized spacial score (nSPS) is 10.7. The number of rotatable bonds is 6. The molecule has 0 saturated heterocycles. The minimum Gasteiger partial charge on any atom is -0.488 e. The van der Waals surface area contributed by atoms with Crippen molar-refractivity contribution in [1.82, 2.24) is 0 Å². The van der Waals surface area contributed by atoms with Crippen LogP contribution in [0.5, 0.6) is 5.75 Å². The van der Waals surface area contributed by atoms with Gasteiger partial charge in [-0.15, -0.1) is 0 Å². The van der Waals surface area contributed by atoms with Crippen molar-refractivity contribution < 1.29 is 23.0 Å². The van der Waals surface area contributed by atoms with Crippen molar-refractivity contribution >= 4 is 11.8 Å². The summed E-state index contributed by atoms with van der Waals surface area (Å²) < 4.78 is 37.2. The topological polar surface area (TPSA) is 47.6 Å². The summed E-state index contributed by atoms with van der Waals surface area (Å²) in [5, 5.41) is 2.61. The zero-order valence-electron chi connectivity index (χ0n) is 15.4. The molecule has 0 atom stereocenters. The second-order valence-electron chi connectivity index (χ2n) is 5.98. The fourth-order valence-electron chi connectivity index (χ4n) is 2.74. The van der Waals surface area contributed by atoms with E-state index in [1.165, 1.54) is 13.2 Å². The maximum atomic E-state index is 13.4. The highest BCUT2D eigenvalue weighted by Crippen LogP contribution is 2.33. The van der Waals surface area contributed by atoms with Gasteiger partial charge in [-0.3, -0.25) is 5.32 Å². The first-order valence-electron chi connectivity index (χ1n) is 8.35. The van der Waals surface area contributed by atoms with Gasteiger partial charge in [-0.05, 0) is 55.2 Å². The fraction of sp³-hybridized carbons (Fsp3) is 0.350. The van der Waals surface area contributed by atoms with Crippen LogP contribution in [-0.2, 0) is 17.8 Å². The van der Waals surface area contributed by atoms with Crippen molar-refractivity contribution in [3.63, 3.8) is 0 Å². The Morgan fingerprint density at radius 1 is 1.19 bits per heavy atom. The van der Waals surface area contributed by atoms with Crippen LogP contribution in [0.1, 0.15) is 41.2 Å². The van der Waals surface area contributed by atoms with Gasteiger partial charge in [0.15, 0.2) is 0 Å². The summed E-state index contributed by atoms with van der Waals surface area (Å²) in [5.74, 6) is 0.155. The van der Waals surface area contributed by atoms with Gasteiger partial charge in [0, 0.05) is 5.56 Å². The molecule has 0 heterocycles. The zero-order chi connectivity index (χ0) is 19.3. The minimum atomic E-state index is -2.62. The summed E-state index contributed by atoms with van der Waals surface area (Å²) in [6.07, 6.45) is -2.55. The number of carbonyl (C=O) groups is 1. The highest BCUT2D eigenvalue weighted by atomic mass is 19.3. The van der Waals surface area contributed by atoms with Gasteiger partial charge in [-0.1, -0.05) is 19.1 Å². The van der Waals surface area contributed by atoms with Gasteiger partial charge in [0.05, 0.1) is 18.4 Å². The number of hydrogen-bond donors (Lipinski definition) is 1. The Hall–Kier alpha value is -2.63. The maximum Gasteiger partial charge on any atom is 0.411 e. The molecule has 0 fully saturated rings. The summed E-state index contributed by atoms with van der Waals surface area (Å²) in [7, 11) is 1.27. The first-order chi connectivity index (χ1) is 12.4. The molecular weight excluding hydrogens is 340 g/mol. The molecular formula is C20H23F2NO3. The predicted octanol–water partition coefficient (Wildman–Crippen LogP) is 5.56. The number of hydrogen-bond acceptors (Lipinski definition) is 3. The summed E-state index contributed by atoms with van der Waals surface area (Å²) in [4.78, 5) is 11.5. The van der Waals surface area contributed by atoms with Gasteiger partial charge in [0.2, 0.25) is 0 Å². The molecule has 0 spiro atoms. The fourth-order valence-corrected chi connectivity index (χ4v) is 2.74. The third kappa shape index (κ3) is 4.50. The molecule has 2 aromatic carbocycles. The van der Waals surface area contributed by atoms with E-state index in [2.05, 4.69) is 10.1 Å². The first kappa shape index (κ1) is 19.7. The van der Waals surface area contributed by atoms with Gasteiger partial charge in [-0.25, -0.2) is 13.6 Å². The smallest absolute Gasteiger partial charge is 0.411 e. The Bertz CT molecular complexity index is 791. The van der Waals surface area contributed by atoms with Crippen molar-refractivity contribution in [1.29, 1.82) is 0 Å². The molecule has 0 aliphatic heterocycles. The van der Waals surface area contributed by atoms with Gasteiger partial charge < -0.3 is 9.47 Å². The van der Waals surface area contributed by atoms with Gasteiger partial charge in [-0.2, -0.15) is 0 Å². The largest absolute Gasteiger partial charge is 0.488 e. The Morgan fingerprint density at radius 3 is 2.54 bits per heavy atom. The highest BCUT2D eigenvalue weighted by Gasteiger charge is 2.18. The molecule has 6 heteroatoms. The molecule has 0 aliphatic rings. The van der Waals surface area contributed by atoms with Crippen LogP contribution >= 0.6 is 0 Å². The Kier molecular flexibility index (Phi) is 6.55. The number of amides is 1. The molecule has 0 saturated carbocycles. The van der Waals surface area contributed by atoms with Crippen molar-refractivity contribution in [2.75, 3.05) is 12.4 Å². The van der Waals surface area contributed by atoms with Crippen LogP contribution in [0, 0.1) is 13.8 Å². The number of ether oxygens (including phenoxy) is 2. The zero-order valence-corrected chi connectivity index (χ0v) is 15.4. The van der Waals surface area contributed by atoms with Crippen LogP contribution in [0.25, 0.3) is 0 Å². The molecule has 0 bridgehead atoms. The lowest BCUT2D eigenvalue weighted by molar-refractivity contribution is 0.144. The van der Waals surface area contributed by atoms with E-state index in [0.29, 0.717) is 17.7 Å². The lowest BCUT2D eigenvalue weighted by atomic mass is 10.0. The van der Waals surface area contributed by atoms with Crippen LogP contribution in [-0.4, -0.2) is 13.2 Å². The van der Waals surface area contributed by atoms with E-state index in [-0.39, 0.29) is 17.9 Å². The third-order valence-electron chi connectivity index (χ3n) is 4.29. The molecule has 1 amide bonds. The molecule has 0 aliphatic carbocycles. The van der Waals surface area contributed by atoms with E-state index in [1.54, 1.807) is 18.2 Å². The molecule has 2 aromatic rings. The SMILES string of the molecule is CCc1cc(C(F)F)c(OCc2c(C)cccc2NC(=O)OC)cc1C. The van der Waals surface area contributed by atoms with Crippen molar-refractivity contribution in [3.8, 4) is 5.75 Å². The number of halogens is 2. The van der Waals surface area contributed by atoms with Crippen molar-refractivity contribution in [3.05, 3.63) is 58.1 Å². The number of anilines is 1. The molecule has 0 unspecified atom stereocenters. The molecule has 0 aromatic heterocycles. The minimum absolute atomic E-state index is 0.0522.